The summed E-state index contributed by atoms with van der Waals surface area (Å²) in [5.74, 6) is 0.989. The van der Waals surface area contributed by atoms with E-state index in [2.05, 4.69) is 48.8 Å². The third kappa shape index (κ3) is 5.43. The first-order chi connectivity index (χ1) is 14.1. The number of rotatable bonds is 8. The summed E-state index contributed by atoms with van der Waals surface area (Å²) in [6.07, 6.45) is 0.423. The van der Waals surface area contributed by atoms with E-state index >= 15 is 0 Å². The number of piperazine rings is 1. The van der Waals surface area contributed by atoms with E-state index in [4.69, 9.17) is 4.74 Å². The van der Waals surface area contributed by atoms with Crippen LogP contribution in [-0.2, 0) is 4.79 Å². The zero-order valence-electron chi connectivity index (χ0n) is 17.9. The number of hydrogen-bond acceptors (Lipinski definition) is 4. The van der Waals surface area contributed by atoms with Gasteiger partial charge in [-0.05, 0) is 56.7 Å². The second-order valence-corrected chi connectivity index (χ2v) is 7.42. The van der Waals surface area contributed by atoms with Gasteiger partial charge in [-0.15, -0.1) is 0 Å². The van der Waals surface area contributed by atoms with Gasteiger partial charge >= 0.3 is 0 Å². The number of para-hydroxylation sites is 1. The summed E-state index contributed by atoms with van der Waals surface area (Å²) in [6, 6.07) is 16.4. The van der Waals surface area contributed by atoms with E-state index in [0.717, 1.165) is 45.0 Å². The summed E-state index contributed by atoms with van der Waals surface area (Å²) >= 11 is 0. The minimum atomic E-state index is 0.175. The molecular weight excluding hydrogens is 362 g/mol. The van der Waals surface area contributed by atoms with Crippen LogP contribution in [0.5, 0.6) is 5.75 Å². The molecule has 5 nitrogen and oxygen atoms in total. The highest BCUT2D eigenvalue weighted by Gasteiger charge is 2.22. The Morgan fingerprint density at radius 1 is 1.00 bits per heavy atom. The highest BCUT2D eigenvalue weighted by Crippen LogP contribution is 2.26. The SMILES string of the molecule is CCN(CC)c1ccc(N2CCN(C(=O)CCOc3ccccc3)CC2)c(C)c1. The number of nitrogens with zero attached hydrogens (tertiary/aromatic N) is 3. The number of ether oxygens (including phenoxy) is 1. The fraction of sp³-hybridized carbons (Fsp3) is 0.458. The fourth-order valence-electron chi connectivity index (χ4n) is 3.91. The van der Waals surface area contributed by atoms with E-state index in [1.165, 1.54) is 16.9 Å². The maximum atomic E-state index is 12.5. The topological polar surface area (TPSA) is 36.0 Å². The molecule has 0 N–H and O–H groups in total. The average Bonchev–Trinajstić information content (AvgIpc) is 2.75. The van der Waals surface area contributed by atoms with Crippen LogP contribution in [0.2, 0.25) is 0 Å². The van der Waals surface area contributed by atoms with Crippen LogP contribution in [-0.4, -0.2) is 56.7 Å². The molecule has 0 radical (unpaired) electrons. The summed E-state index contributed by atoms with van der Waals surface area (Å²) in [5.41, 5.74) is 3.86. The Morgan fingerprint density at radius 2 is 1.69 bits per heavy atom. The smallest absolute Gasteiger partial charge is 0.226 e. The summed E-state index contributed by atoms with van der Waals surface area (Å²) in [4.78, 5) is 19.2. The Morgan fingerprint density at radius 3 is 2.31 bits per heavy atom. The maximum absolute atomic E-state index is 12.5. The molecule has 1 aliphatic heterocycles. The van der Waals surface area contributed by atoms with Crippen molar-refractivity contribution in [1.82, 2.24) is 4.90 Å². The van der Waals surface area contributed by atoms with E-state index in [0.29, 0.717) is 13.0 Å². The number of carbonyl (C=O) groups excluding carboxylic acids is 1. The largest absolute Gasteiger partial charge is 0.493 e. The van der Waals surface area contributed by atoms with Crippen LogP contribution < -0.4 is 14.5 Å². The molecule has 5 heteroatoms. The molecule has 0 saturated carbocycles. The highest BCUT2D eigenvalue weighted by atomic mass is 16.5. The van der Waals surface area contributed by atoms with Gasteiger partial charge in [0.1, 0.15) is 5.75 Å². The zero-order chi connectivity index (χ0) is 20.6. The van der Waals surface area contributed by atoms with Gasteiger partial charge in [0.05, 0.1) is 13.0 Å². The third-order valence-corrected chi connectivity index (χ3v) is 5.61. The van der Waals surface area contributed by atoms with Crippen molar-refractivity contribution in [3.8, 4) is 5.75 Å². The van der Waals surface area contributed by atoms with Crippen LogP contribution in [0.1, 0.15) is 25.8 Å². The second kappa shape index (κ2) is 10.2. The Kier molecular flexibility index (Phi) is 7.39. The van der Waals surface area contributed by atoms with Gasteiger partial charge in [-0.2, -0.15) is 0 Å². The molecule has 0 spiro atoms. The number of amides is 1. The predicted molar refractivity (Wildman–Crippen MR) is 120 cm³/mol. The van der Waals surface area contributed by atoms with Crippen molar-refractivity contribution in [3.63, 3.8) is 0 Å². The molecule has 1 amide bonds. The number of anilines is 2. The number of benzene rings is 2. The number of carbonyl (C=O) groups is 1. The molecule has 0 unspecified atom stereocenters. The highest BCUT2D eigenvalue weighted by molar-refractivity contribution is 5.76. The molecule has 1 fully saturated rings. The summed E-state index contributed by atoms with van der Waals surface area (Å²) in [6.45, 7) is 12.3. The molecule has 0 bridgehead atoms. The standard InChI is InChI=1S/C24H33N3O2/c1-4-25(5-2)21-11-12-23(20(3)19-21)26-14-16-27(17-15-26)24(28)13-18-29-22-9-7-6-8-10-22/h6-12,19H,4-5,13-18H2,1-3H3. The lowest BCUT2D eigenvalue weighted by atomic mass is 10.1. The Balaban J connectivity index is 1.49. The zero-order valence-corrected chi connectivity index (χ0v) is 17.9. The molecule has 1 heterocycles. The first-order valence-corrected chi connectivity index (χ1v) is 10.7. The first kappa shape index (κ1) is 21.0. The van der Waals surface area contributed by atoms with Crippen LogP contribution in [0.15, 0.2) is 48.5 Å². The quantitative estimate of drug-likeness (QED) is 0.678. The second-order valence-electron chi connectivity index (χ2n) is 7.42. The summed E-state index contributed by atoms with van der Waals surface area (Å²) < 4.78 is 5.66. The van der Waals surface area contributed by atoms with Crippen LogP contribution in [0.3, 0.4) is 0 Å². The van der Waals surface area contributed by atoms with E-state index in [-0.39, 0.29) is 5.91 Å². The van der Waals surface area contributed by atoms with E-state index in [1.807, 2.05) is 35.2 Å². The molecular formula is C24H33N3O2. The molecule has 0 aromatic heterocycles. The van der Waals surface area contributed by atoms with E-state index in [9.17, 15) is 4.79 Å². The Labute approximate surface area is 174 Å². The summed E-state index contributed by atoms with van der Waals surface area (Å²) in [5, 5.41) is 0. The molecule has 2 aromatic carbocycles. The van der Waals surface area contributed by atoms with Crippen molar-refractivity contribution in [2.45, 2.75) is 27.2 Å². The van der Waals surface area contributed by atoms with E-state index < -0.39 is 0 Å². The average molecular weight is 396 g/mol. The van der Waals surface area contributed by atoms with Gasteiger partial charge in [-0.1, -0.05) is 18.2 Å². The normalized spacial score (nSPS) is 14.0. The van der Waals surface area contributed by atoms with Gasteiger partial charge in [-0.25, -0.2) is 0 Å². The molecule has 29 heavy (non-hydrogen) atoms. The van der Waals surface area contributed by atoms with Crippen molar-refractivity contribution >= 4 is 17.3 Å². The molecule has 1 aliphatic rings. The van der Waals surface area contributed by atoms with Gasteiger partial charge in [0.25, 0.3) is 0 Å². The van der Waals surface area contributed by atoms with Crippen molar-refractivity contribution in [1.29, 1.82) is 0 Å². The third-order valence-electron chi connectivity index (χ3n) is 5.61. The minimum Gasteiger partial charge on any atom is -0.493 e. The van der Waals surface area contributed by atoms with Gasteiger partial charge in [0, 0.05) is 50.6 Å². The molecule has 3 rings (SSSR count). The first-order valence-electron chi connectivity index (χ1n) is 10.7. The van der Waals surface area contributed by atoms with Crippen molar-refractivity contribution in [2.24, 2.45) is 0 Å². The van der Waals surface area contributed by atoms with Crippen molar-refractivity contribution in [2.75, 3.05) is 55.7 Å². The fourth-order valence-corrected chi connectivity index (χ4v) is 3.91. The monoisotopic (exact) mass is 395 g/mol. The van der Waals surface area contributed by atoms with Crippen molar-refractivity contribution in [3.05, 3.63) is 54.1 Å². The van der Waals surface area contributed by atoms with Crippen molar-refractivity contribution < 1.29 is 9.53 Å². The van der Waals surface area contributed by atoms with Crippen LogP contribution in [0.25, 0.3) is 0 Å². The molecule has 0 atom stereocenters. The lowest BCUT2D eigenvalue weighted by molar-refractivity contribution is -0.132. The Hall–Kier alpha value is -2.69. The van der Waals surface area contributed by atoms with Gasteiger partial charge in [-0.3, -0.25) is 4.79 Å². The number of aryl methyl sites for hydroxylation is 1. The van der Waals surface area contributed by atoms with Crippen LogP contribution in [0, 0.1) is 6.92 Å². The lowest BCUT2D eigenvalue weighted by Gasteiger charge is -2.37. The van der Waals surface area contributed by atoms with E-state index in [1.54, 1.807) is 0 Å². The molecule has 2 aromatic rings. The molecule has 1 saturated heterocycles. The summed E-state index contributed by atoms with van der Waals surface area (Å²) in [7, 11) is 0. The molecule has 0 aliphatic carbocycles. The number of hydrogen-bond donors (Lipinski definition) is 0. The van der Waals surface area contributed by atoms with Crippen LogP contribution >= 0.6 is 0 Å². The predicted octanol–water partition coefficient (Wildman–Crippen LogP) is 3.96. The van der Waals surface area contributed by atoms with Crippen LogP contribution in [0.4, 0.5) is 11.4 Å². The van der Waals surface area contributed by atoms with Gasteiger partial charge < -0.3 is 19.4 Å². The minimum absolute atomic E-state index is 0.175. The van der Waals surface area contributed by atoms with Gasteiger partial charge in [0.15, 0.2) is 0 Å². The maximum Gasteiger partial charge on any atom is 0.226 e. The lowest BCUT2D eigenvalue weighted by Crippen LogP contribution is -2.49. The van der Waals surface area contributed by atoms with Gasteiger partial charge in [0.2, 0.25) is 5.91 Å². The Bertz CT molecular complexity index is 782. The molecule has 156 valence electrons.